The van der Waals surface area contributed by atoms with Gasteiger partial charge in [-0.2, -0.15) is 0 Å². The molecule has 0 aromatic heterocycles. The maximum absolute atomic E-state index is 11.0. The Hall–Kier alpha value is -0.690. The Morgan fingerprint density at radius 1 is 1.38 bits per heavy atom. The van der Waals surface area contributed by atoms with Crippen LogP contribution >= 0.6 is 0 Å². The van der Waals surface area contributed by atoms with Gasteiger partial charge in [-0.25, -0.2) is 4.84 Å². The van der Waals surface area contributed by atoms with Crippen LogP contribution in [0.25, 0.3) is 0 Å². The van der Waals surface area contributed by atoms with Gasteiger partial charge < -0.3 is 4.74 Å². The standard InChI is InChI=1S/C7H15NO5/c1-5(2)12-7(9)4-6(3)13-8(10)11/h5-6,10-11H,4H2,1-3H3. The van der Waals surface area contributed by atoms with Crippen molar-refractivity contribution in [2.75, 3.05) is 0 Å². The quantitative estimate of drug-likeness (QED) is 0.495. The molecular weight excluding hydrogens is 178 g/mol. The van der Waals surface area contributed by atoms with Crippen LogP contribution in [0.3, 0.4) is 0 Å². The van der Waals surface area contributed by atoms with E-state index in [0.717, 1.165) is 0 Å². The topological polar surface area (TPSA) is 79.2 Å². The smallest absolute Gasteiger partial charge is 0.308 e. The Morgan fingerprint density at radius 3 is 2.31 bits per heavy atom. The molecule has 0 spiro atoms. The summed E-state index contributed by atoms with van der Waals surface area (Å²) in [6.45, 7) is 4.97. The number of carbonyl (C=O) groups is 1. The minimum atomic E-state index is -0.638. The van der Waals surface area contributed by atoms with Gasteiger partial charge in [0.25, 0.3) is 0 Å². The van der Waals surface area contributed by atoms with Crippen molar-refractivity contribution >= 4 is 5.97 Å². The van der Waals surface area contributed by atoms with Gasteiger partial charge in [-0.1, -0.05) is 0 Å². The summed E-state index contributed by atoms with van der Waals surface area (Å²) in [6.07, 6.45) is -0.851. The lowest BCUT2D eigenvalue weighted by Gasteiger charge is -2.14. The normalized spacial score (nSPS) is 13.5. The second kappa shape index (κ2) is 5.87. The van der Waals surface area contributed by atoms with Gasteiger partial charge >= 0.3 is 5.97 Å². The first-order valence-corrected chi connectivity index (χ1v) is 3.96. The Labute approximate surface area is 76.5 Å². The van der Waals surface area contributed by atoms with E-state index < -0.39 is 17.5 Å². The fourth-order valence-corrected chi connectivity index (χ4v) is 0.744. The lowest BCUT2D eigenvalue weighted by molar-refractivity contribution is -0.503. The molecule has 0 heterocycles. The average molecular weight is 193 g/mol. The van der Waals surface area contributed by atoms with Gasteiger partial charge in [0, 0.05) is 0 Å². The van der Waals surface area contributed by atoms with Gasteiger partial charge in [0.2, 0.25) is 0 Å². The third-order valence-corrected chi connectivity index (χ3v) is 1.10. The van der Waals surface area contributed by atoms with Gasteiger partial charge in [-0.3, -0.25) is 15.2 Å². The second-order valence-electron chi connectivity index (χ2n) is 2.91. The summed E-state index contributed by atoms with van der Waals surface area (Å²) in [4.78, 5) is 15.3. The van der Waals surface area contributed by atoms with Crippen molar-refractivity contribution < 1.29 is 24.8 Å². The molecule has 0 rings (SSSR count). The van der Waals surface area contributed by atoms with Gasteiger partial charge in [-0.15, -0.1) is 0 Å². The molecule has 78 valence electrons. The summed E-state index contributed by atoms with van der Waals surface area (Å²) in [5.41, 5.74) is 0. The summed E-state index contributed by atoms with van der Waals surface area (Å²) < 4.78 is 4.80. The molecule has 0 amide bonds. The molecule has 0 aromatic carbocycles. The van der Waals surface area contributed by atoms with Crippen LogP contribution < -0.4 is 0 Å². The molecule has 6 nitrogen and oxygen atoms in total. The van der Waals surface area contributed by atoms with Gasteiger partial charge in [0.05, 0.1) is 24.0 Å². The molecule has 6 heteroatoms. The molecule has 0 aromatic rings. The van der Waals surface area contributed by atoms with E-state index in [-0.39, 0.29) is 12.5 Å². The Morgan fingerprint density at radius 2 is 1.92 bits per heavy atom. The number of hydrogen-bond acceptors (Lipinski definition) is 6. The van der Waals surface area contributed by atoms with E-state index >= 15 is 0 Å². The molecule has 0 aliphatic rings. The van der Waals surface area contributed by atoms with Crippen LogP contribution in [0.15, 0.2) is 0 Å². The zero-order chi connectivity index (χ0) is 10.4. The molecule has 0 bridgehead atoms. The van der Waals surface area contributed by atoms with Crippen LogP contribution in [0, 0.1) is 0 Å². The maximum Gasteiger partial charge on any atom is 0.308 e. The van der Waals surface area contributed by atoms with E-state index in [4.69, 9.17) is 15.2 Å². The molecule has 1 unspecified atom stereocenters. The SMILES string of the molecule is CC(C)OC(=O)CC(C)ON(O)O. The summed E-state index contributed by atoms with van der Waals surface area (Å²) in [7, 11) is 0. The molecule has 0 aliphatic heterocycles. The third kappa shape index (κ3) is 7.66. The fraction of sp³-hybridized carbons (Fsp3) is 0.857. The maximum atomic E-state index is 11.0. The van der Waals surface area contributed by atoms with Crippen LogP contribution in [0.1, 0.15) is 27.2 Å². The van der Waals surface area contributed by atoms with Crippen molar-refractivity contribution in [1.29, 1.82) is 0 Å². The Kier molecular flexibility index (Phi) is 5.56. The van der Waals surface area contributed by atoms with E-state index in [0.29, 0.717) is 0 Å². The molecular formula is C7H15NO5. The van der Waals surface area contributed by atoms with Crippen LogP contribution in [0.2, 0.25) is 0 Å². The summed E-state index contributed by atoms with van der Waals surface area (Å²) in [6, 6.07) is 0. The molecule has 0 saturated heterocycles. The third-order valence-electron chi connectivity index (χ3n) is 1.10. The lowest BCUT2D eigenvalue weighted by atomic mass is 10.3. The van der Waals surface area contributed by atoms with Crippen LogP contribution in [-0.2, 0) is 14.4 Å². The molecule has 2 N–H and O–H groups in total. The minimum Gasteiger partial charge on any atom is -0.463 e. The zero-order valence-electron chi connectivity index (χ0n) is 7.93. The first kappa shape index (κ1) is 12.3. The number of carbonyl (C=O) groups excluding carboxylic acids is 1. The fourth-order valence-electron chi connectivity index (χ4n) is 0.744. The lowest BCUT2D eigenvalue weighted by Crippen LogP contribution is -2.25. The minimum absolute atomic E-state index is 0.0319. The van der Waals surface area contributed by atoms with Crippen molar-refractivity contribution in [3.63, 3.8) is 0 Å². The molecule has 0 fully saturated rings. The van der Waals surface area contributed by atoms with E-state index in [2.05, 4.69) is 4.84 Å². The van der Waals surface area contributed by atoms with Crippen LogP contribution in [0.5, 0.6) is 0 Å². The molecule has 13 heavy (non-hydrogen) atoms. The summed E-state index contributed by atoms with van der Waals surface area (Å²) in [5.74, 6) is -0.440. The predicted octanol–water partition coefficient (Wildman–Crippen LogP) is 0.729. The highest BCUT2D eigenvalue weighted by molar-refractivity contribution is 5.70. The van der Waals surface area contributed by atoms with Gasteiger partial charge in [0.15, 0.2) is 0 Å². The monoisotopic (exact) mass is 193 g/mol. The van der Waals surface area contributed by atoms with E-state index in [1.165, 1.54) is 6.92 Å². The van der Waals surface area contributed by atoms with Crippen molar-refractivity contribution in [3.05, 3.63) is 0 Å². The predicted molar refractivity (Wildman–Crippen MR) is 41.8 cm³/mol. The molecule has 1 atom stereocenters. The Balaban J connectivity index is 3.65. The number of nitrogens with zero attached hydrogens (tertiary/aromatic N) is 1. The number of esters is 1. The van der Waals surface area contributed by atoms with E-state index in [1.54, 1.807) is 13.8 Å². The molecule has 0 radical (unpaired) electrons. The Bertz CT molecular complexity index is 159. The first-order chi connectivity index (χ1) is 5.91. The van der Waals surface area contributed by atoms with Crippen molar-refractivity contribution in [2.24, 2.45) is 0 Å². The molecule has 0 aliphatic carbocycles. The first-order valence-electron chi connectivity index (χ1n) is 3.96. The highest BCUT2D eigenvalue weighted by Gasteiger charge is 2.14. The summed E-state index contributed by atoms with van der Waals surface area (Å²) in [5, 5.41) is 16.0. The van der Waals surface area contributed by atoms with Crippen molar-refractivity contribution in [1.82, 2.24) is 5.39 Å². The number of rotatable bonds is 5. The van der Waals surface area contributed by atoms with Crippen LogP contribution in [0.4, 0.5) is 0 Å². The second-order valence-corrected chi connectivity index (χ2v) is 2.91. The van der Waals surface area contributed by atoms with Crippen LogP contribution in [-0.4, -0.2) is 34.0 Å². The van der Waals surface area contributed by atoms with Crippen molar-refractivity contribution in [3.8, 4) is 0 Å². The molecule has 0 saturated carbocycles. The van der Waals surface area contributed by atoms with E-state index in [1.807, 2.05) is 0 Å². The number of hydrogen-bond donors (Lipinski definition) is 2. The highest BCUT2D eigenvalue weighted by Crippen LogP contribution is 2.02. The largest absolute Gasteiger partial charge is 0.463 e. The van der Waals surface area contributed by atoms with Gasteiger partial charge in [-0.05, 0) is 20.8 Å². The summed E-state index contributed by atoms with van der Waals surface area (Å²) >= 11 is 0. The zero-order valence-corrected chi connectivity index (χ0v) is 7.93. The highest BCUT2D eigenvalue weighted by atomic mass is 17.1. The average Bonchev–Trinajstić information content (AvgIpc) is 1.80. The van der Waals surface area contributed by atoms with Gasteiger partial charge in [0.1, 0.15) is 0 Å². The number of ether oxygens (including phenoxy) is 1. The van der Waals surface area contributed by atoms with E-state index in [9.17, 15) is 4.79 Å². The van der Waals surface area contributed by atoms with Crippen molar-refractivity contribution in [2.45, 2.75) is 39.4 Å².